The van der Waals surface area contributed by atoms with Crippen molar-refractivity contribution < 1.29 is 4.74 Å². The molecule has 12 heavy (non-hydrogen) atoms. The molecule has 0 radical (unpaired) electrons. The third-order valence-electron chi connectivity index (χ3n) is 1.60. The van der Waals surface area contributed by atoms with Gasteiger partial charge in [0.15, 0.2) is 5.82 Å². The van der Waals surface area contributed by atoms with Crippen LogP contribution in [0.3, 0.4) is 0 Å². The minimum atomic E-state index is -0.0608. The second-order valence-electron chi connectivity index (χ2n) is 2.46. The molecule has 0 aliphatic rings. The minimum absolute atomic E-state index is 0.0608. The van der Waals surface area contributed by atoms with Crippen molar-refractivity contribution in [3.8, 4) is 0 Å². The highest BCUT2D eigenvalue weighted by Crippen LogP contribution is 2.10. The normalized spacial score (nSPS) is 12.9. The molecule has 0 saturated heterocycles. The summed E-state index contributed by atoms with van der Waals surface area (Å²) in [5.41, 5.74) is 0.920. The van der Waals surface area contributed by atoms with Gasteiger partial charge in [-0.25, -0.2) is 9.97 Å². The highest BCUT2D eigenvalue weighted by molar-refractivity contribution is 6.17. The zero-order chi connectivity index (χ0) is 8.97. The van der Waals surface area contributed by atoms with E-state index in [2.05, 4.69) is 9.97 Å². The fraction of sp³-hybridized carbons (Fsp3) is 0.500. The van der Waals surface area contributed by atoms with Crippen molar-refractivity contribution in [2.24, 2.45) is 0 Å². The molecule has 3 nitrogen and oxygen atoms in total. The standard InChI is InChI=1S/C8H11ClN2O/c1-6(12-2)8-10-4-7(3-9)5-11-8/h4-6H,3H2,1-2H3. The number of ether oxygens (including phenoxy) is 1. The summed E-state index contributed by atoms with van der Waals surface area (Å²) in [6.07, 6.45) is 3.37. The van der Waals surface area contributed by atoms with Gasteiger partial charge in [0.2, 0.25) is 0 Å². The Bertz CT molecular complexity index is 237. The van der Waals surface area contributed by atoms with Crippen LogP contribution in [0.4, 0.5) is 0 Å². The Kier molecular flexibility index (Phi) is 3.44. The molecule has 0 bridgehead atoms. The predicted octanol–water partition coefficient (Wildman–Crippen LogP) is 1.92. The molecule has 1 atom stereocenters. The average molecular weight is 187 g/mol. The summed E-state index contributed by atoms with van der Waals surface area (Å²) in [5.74, 6) is 1.13. The van der Waals surface area contributed by atoms with Crippen molar-refractivity contribution in [2.75, 3.05) is 7.11 Å². The molecule has 1 unspecified atom stereocenters. The molecular formula is C8H11ClN2O. The predicted molar refractivity (Wildman–Crippen MR) is 47.0 cm³/mol. The number of rotatable bonds is 3. The second kappa shape index (κ2) is 4.38. The van der Waals surface area contributed by atoms with E-state index >= 15 is 0 Å². The highest BCUT2D eigenvalue weighted by Gasteiger charge is 2.05. The number of alkyl halides is 1. The summed E-state index contributed by atoms with van der Waals surface area (Å²) in [4.78, 5) is 8.20. The maximum Gasteiger partial charge on any atom is 0.156 e. The summed E-state index contributed by atoms with van der Waals surface area (Å²) in [6, 6.07) is 0. The molecule has 1 rings (SSSR count). The van der Waals surface area contributed by atoms with E-state index in [0.717, 1.165) is 5.56 Å². The van der Waals surface area contributed by atoms with Crippen LogP contribution in [0.1, 0.15) is 24.4 Å². The van der Waals surface area contributed by atoms with Crippen LogP contribution in [0.2, 0.25) is 0 Å². The van der Waals surface area contributed by atoms with E-state index in [1.165, 1.54) is 0 Å². The van der Waals surface area contributed by atoms with Gasteiger partial charge in [0, 0.05) is 25.1 Å². The number of methoxy groups -OCH3 is 1. The first-order valence-corrected chi connectivity index (χ1v) is 4.21. The van der Waals surface area contributed by atoms with Gasteiger partial charge >= 0.3 is 0 Å². The Labute approximate surface area is 76.7 Å². The van der Waals surface area contributed by atoms with Gasteiger partial charge in [0.1, 0.15) is 6.10 Å². The van der Waals surface area contributed by atoms with Crippen molar-refractivity contribution in [3.63, 3.8) is 0 Å². The SMILES string of the molecule is COC(C)c1ncc(CCl)cn1. The van der Waals surface area contributed by atoms with E-state index in [1.54, 1.807) is 19.5 Å². The van der Waals surface area contributed by atoms with Gasteiger partial charge in [-0.3, -0.25) is 0 Å². The van der Waals surface area contributed by atoms with Gasteiger partial charge in [-0.2, -0.15) is 0 Å². The first-order chi connectivity index (χ1) is 5.77. The number of halogens is 1. The lowest BCUT2D eigenvalue weighted by Gasteiger charge is -2.06. The largest absolute Gasteiger partial charge is 0.374 e. The zero-order valence-corrected chi connectivity index (χ0v) is 7.88. The lowest BCUT2D eigenvalue weighted by Crippen LogP contribution is -2.02. The van der Waals surface area contributed by atoms with Gasteiger partial charge < -0.3 is 4.74 Å². The fourth-order valence-corrected chi connectivity index (χ4v) is 0.887. The Morgan fingerprint density at radius 3 is 2.50 bits per heavy atom. The van der Waals surface area contributed by atoms with Gasteiger partial charge in [0.05, 0.1) is 5.88 Å². The van der Waals surface area contributed by atoms with Crippen molar-refractivity contribution in [2.45, 2.75) is 18.9 Å². The molecule has 0 amide bonds. The molecule has 0 saturated carbocycles. The number of nitrogens with zero attached hydrogens (tertiary/aromatic N) is 2. The van der Waals surface area contributed by atoms with E-state index in [0.29, 0.717) is 11.7 Å². The maximum atomic E-state index is 5.58. The molecule has 0 aromatic carbocycles. The molecule has 1 heterocycles. The Balaban J connectivity index is 2.77. The number of hydrogen-bond donors (Lipinski definition) is 0. The molecule has 0 aliphatic carbocycles. The van der Waals surface area contributed by atoms with Crippen LogP contribution in [-0.2, 0) is 10.6 Å². The van der Waals surface area contributed by atoms with Gasteiger partial charge in [-0.15, -0.1) is 11.6 Å². The quantitative estimate of drug-likeness (QED) is 0.677. The Hall–Kier alpha value is -0.670. The molecule has 0 spiro atoms. The number of hydrogen-bond acceptors (Lipinski definition) is 3. The molecule has 0 aliphatic heterocycles. The summed E-state index contributed by atoms with van der Waals surface area (Å²) < 4.78 is 5.05. The monoisotopic (exact) mass is 186 g/mol. The Morgan fingerprint density at radius 2 is 2.08 bits per heavy atom. The molecule has 1 aromatic heterocycles. The zero-order valence-electron chi connectivity index (χ0n) is 7.12. The van der Waals surface area contributed by atoms with Crippen LogP contribution >= 0.6 is 11.6 Å². The smallest absolute Gasteiger partial charge is 0.156 e. The van der Waals surface area contributed by atoms with Crippen LogP contribution in [0, 0.1) is 0 Å². The van der Waals surface area contributed by atoms with Gasteiger partial charge in [-0.05, 0) is 6.92 Å². The molecule has 0 N–H and O–H groups in total. The van der Waals surface area contributed by atoms with Crippen molar-refractivity contribution in [1.29, 1.82) is 0 Å². The van der Waals surface area contributed by atoms with Crippen LogP contribution in [0.25, 0.3) is 0 Å². The van der Waals surface area contributed by atoms with Crippen molar-refractivity contribution in [3.05, 3.63) is 23.8 Å². The second-order valence-corrected chi connectivity index (χ2v) is 2.73. The molecule has 1 aromatic rings. The summed E-state index contributed by atoms with van der Waals surface area (Å²) in [7, 11) is 1.63. The fourth-order valence-electron chi connectivity index (χ4n) is 0.749. The van der Waals surface area contributed by atoms with E-state index in [9.17, 15) is 0 Å². The number of aromatic nitrogens is 2. The van der Waals surface area contributed by atoms with Crippen LogP contribution < -0.4 is 0 Å². The molecule has 4 heteroatoms. The summed E-state index contributed by atoms with van der Waals surface area (Å²) in [5, 5.41) is 0. The van der Waals surface area contributed by atoms with Crippen LogP contribution in [-0.4, -0.2) is 17.1 Å². The lowest BCUT2D eigenvalue weighted by molar-refractivity contribution is 0.112. The van der Waals surface area contributed by atoms with E-state index in [-0.39, 0.29) is 6.10 Å². The van der Waals surface area contributed by atoms with Crippen LogP contribution in [0.15, 0.2) is 12.4 Å². The molecule has 66 valence electrons. The minimum Gasteiger partial charge on any atom is -0.374 e. The van der Waals surface area contributed by atoms with E-state index in [4.69, 9.17) is 16.3 Å². The van der Waals surface area contributed by atoms with Gasteiger partial charge in [-0.1, -0.05) is 0 Å². The molecular weight excluding hydrogens is 176 g/mol. The van der Waals surface area contributed by atoms with E-state index < -0.39 is 0 Å². The average Bonchev–Trinajstić information content (AvgIpc) is 2.17. The van der Waals surface area contributed by atoms with Crippen molar-refractivity contribution in [1.82, 2.24) is 9.97 Å². The summed E-state index contributed by atoms with van der Waals surface area (Å²) in [6.45, 7) is 1.90. The molecule has 0 fully saturated rings. The maximum absolute atomic E-state index is 5.58. The van der Waals surface area contributed by atoms with E-state index in [1.807, 2.05) is 6.92 Å². The highest BCUT2D eigenvalue weighted by atomic mass is 35.5. The lowest BCUT2D eigenvalue weighted by atomic mass is 10.3. The first kappa shape index (κ1) is 9.42. The first-order valence-electron chi connectivity index (χ1n) is 3.67. The van der Waals surface area contributed by atoms with Crippen molar-refractivity contribution >= 4 is 11.6 Å². The van der Waals surface area contributed by atoms with Gasteiger partial charge in [0.25, 0.3) is 0 Å². The third-order valence-corrected chi connectivity index (χ3v) is 1.91. The summed E-state index contributed by atoms with van der Waals surface area (Å²) >= 11 is 5.58. The third kappa shape index (κ3) is 2.16. The topological polar surface area (TPSA) is 35.0 Å². The van der Waals surface area contributed by atoms with Crippen LogP contribution in [0.5, 0.6) is 0 Å². The Morgan fingerprint density at radius 1 is 1.50 bits per heavy atom.